The Morgan fingerprint density at radius 3 is 2.81 bits per heavy atom. The van der Waals surface area contributed by atoms with Crippen LogP contribution in [0.5, 0.6) is 0 Å². The summed E-state index contributed by atoms with van der Waals surface area (Å²) in [5.41, 5.74) is 0.294. The zero-order valence-corrected chi connectivity index (χ0v) is 13.5. The molecule has 4 nitrogen and oxygen atoms in total. The highest BCUT2D eigenvalue weighted by atomic mass is 79.9. The third kappa shape index (κ3) is 6.08. The van der Waals surface area contributed by atoms with E-state index in [0.29, 0.717) is 12.1 Å². The van der Waals surface area contributed by atoms with Crippen LogP contribution in [0, 0.1) is 5.82 Å². The van der Waals surface area contributed by atoms with E-state index in [4.69, 9.17) is 0 Å². The predicted octanol–water partition coefficient (Wildman–Crippen LogP) is 2.63. The van der Waals surface area contributed by atoms with Gasteiger partial charge in [0.1, 0.15) is 11.9 Å². The summed E-state index contributed by atoms with van der Waals surface area (Å²) < 4.78 is 14.2. The van der Waals surface area contributed by atoms with Crippen LogP contribution in [0.25, 0.3) is 6.08 Å². The van der Waals surface area contributed by atoms with Gasteiger partial charge in [0.2, 0.25) is 11.8 Å². The standard InChI is InChI=1S/C15H18BrFN2O2/c1-3-8-18-15(21)10(2)19-14(20)7-4-11-9-12(16)5-6-13(11)17/h4-7,9-10H,3,8H2,1-2H3,(H,18,21)(H,19,20)/b7-4+. The maximum Gasteiger partial charge on any atom is 0.244 e. The highest BCUT2D eigenvalue weighted by molar-refractivity contribution is 9.10. The second-order valence-electron chi connectivity index (χ2n) is 4.52. The average molecular weight is 357 g/mol. The number of benzene rings is 1. The summed E-state index contributed by atoms with van der Waals surface area (Å²) in [7, 11) is 0. The molecule has 6 heteroatoms. The number of carbonyl (C=O) groups is 2. The number of hydrogen-bond donors (Lipinski definition) is 2. The van der Waals surface area contributed by atoms with Gasteiger partial charge >= 0.3 is 0 Å². The quantitative estimate of drug-likeness (QED) is 0.769. The summed E-state index contributed by atoms with van der Waals surface area (Å²) in [5, 5.41) is 5.20. The van der Waals surface area contributed by atoms with E-state index >= 15 is 0 Å². The smallest absolute Gasteiger partial charge is 0.244 e. The lowest BCUT2D eigenvalue weighted by Gasteiger charge is -2.12. The molecule has 0 fully saturated rings. The van der Waals surface area contributed by atoms with Crippen LogP contribution in [0.1, 0.15) is 25.8 Å². The van der Waals surface area contributed by atoms with Crippen molar-refractivity contribution in [2.45, 2.75) is 26.3 Å². The number of rotatable bonds is 6. The molecular weight excluding hydrogens is 339 g/mol. The number of carbonyl (C=O) groups excluding carboxylic acids is 2. The predicted molar refractivity (Wildman–Crippen MR) is 84.0 cm³/mol. The first-order valence-electron chi connectivity index (χ1n) is 6.65. The molecule has 0 saturated carbocycles. The molecule has 0 aromatic heterocycles. The molecule has 0 radical (unpaired) electrons. The van der Waals surface area contributed by atoms with E-state index < -0.39 is 17.8 Å². The molecular formula is C15H18BrFN2O2. The molecule has 0 aliphatic heterocycles. The Kier molecular flexibility index (Phi) is 7.08. The van der Waals surface area contributed by atoms with E-state index in [1.165, 1.54) is 18.2 Å². The minimum Gasteiger partial charge on any atom is -0.354 e. The van der Waals surface area contributed by atoms with Crippen LogP contribution in [0.2, 0.25) is 0 Å². The third-order valence-electron chi connectivity index (χ3n) is 2.67. The first-order chi connectivity index (χ1) is 9.93. The molecule has 21 heavy (non-hydrogen) atoms. The fourth-order valence-electron chi connectivity index (χ4n) is 1.54. The first-order valence-corrected chi connectivity index (χ1v) is 7.44. The Balaban J connectivity index is 2.58. The van der Waals surface area contributed by atoms with Crippen LogP contribution >= 0.6 is 15.9 Å². The fourth-order valence-corrected chi connectivity index (χ4v) is 1.91. The molecule has 1 atom stereocenters. The minimum absolute atomic E-state index is 0.243. The second kappa shape index (κ2) is 8.56. The van der Waals surface area contributed by atoms with Gasteiger partial charge in [-0.3, -0.25) is 9.59 Å². The van der Waals surface area contributed by atoms with Gasteiger partial charge in [-0.1, -0.05) is 22.9 Å². The van der Waals surface area contributed by atoms with E-state index in [-0.39, 0.29) is 5.91 Å². The lowest BCUT2D eigenvalue weighted by molar-refractivity contribution is -0.126. The zero-order chi connectivity index (χ0) is 15.8. The van der Waals surface area contributed by atoms with E-state index in [1.807, 2.05) is 6.92 Å². The van der Waals surface area contributed by atoms with Gasteiger partial charge in [0.15, 0.2) is 0 Å². The van der Waals surface area contributed by atoms with E-state index in [9.17, 15) is 14.0 Å². The molecule has 0 saturated heterocycles. The Morgan fingerprint density at radius 2 is 2.14 bits per heavy atom. The molecule has 0 bridgehead atoms. The summed E-state index contributed by atoms with van der Waals surface area (Å²) in [4.78, 5) is 23.3. The highest BCUT2D eigenvalue weighted by Crippen LogP contribution is 2.16. The van der Waals surface area contributed by atoms with Gasteiger partial charge in [0, 0.05) is 22.7 Å². The largest absolute Gasteiger partial charge is 0.354 e. The molecule has 0 aliphatic carbocycles. The minimum atomic E-state index is -0.638. The number of hydrogen-bond acceptors (Lipinski definition) is 2. The van der Waals surface area contributed by atoms with Crippen LogP contribution in [0.15, 0.2) is 28.7 Å². The normalized spacial score (nSPS) is 12.2. The van der Waals surface area contributed by atoms with Gasteiger partial charge in [0.25, 0.3) is 0 Å². The maximum atomic E-state index is 13.5. The SMILES string of the molecule is CCCNC(=O)C(C)NC(=O)/C=C/c1cc(Br)ccc1F. The molecule has 114 valence electrons. The van der Waals surface area contributed by atoms with Crippen molar-refractivity contribution in [1.82, 2.24) is 10.6 Å². The summed E-state index contributed by atoms with van der Waals surface area (Å²) in [6, 6.07) is 3.81. The second-order valence-corrected chi connectivity index (χ2v) is 5.44. The van der Waals surface area contributed by atoms with E-state index in [0.717, 1.165) is 10.9 Å². The Hall–Kier alpha value is -1.69. The van der Waals surface area contributed by atoms with Gasteiger partial charge in [-0.15, -0.1) is 0 Å². The van der Waals surface area contributed by atoms with Crippen LogP contribution in [-0.4, -0.2) is 24.4 Å². The molecule has 1 unspecified atom stereocenters. The van der Waals surface area contributed by atoms with Crippen LogP contribution in [0.3, 0.4) is 0 Å². The van der Waals surface area contributed by atoms with Crippen molar-refractivity contribution in [3.8, 4) is 0 Å². The van der Waals surface area contributed by atoms with E-state index in [2.05, 4.69) is 26.6 Å². The van der Waals surface area contributed by atoms with Crippen LogP contribution in [-0.2, 0) is 9.59 Å². The van der Waals surface area contributed by atoms with Crippen molar-refractivity contribution < 1.29 is 14.0 Å². The monoisotopic (exact) mass is 356 g/mol. The highest BCUT2D eigenvalue weighted by Gasteiger charge is 2.13. The molecule has 2 N–H and O–H groups in total. The Labute approximate surface area is 131 Å². The van der Waals surface area contributed by atoms with Crippen molar-refractivity contribution in [3.63, 3.8) is 0 Å². The summed E-state index contributed by atoms with van der Waals surface area (Å²) in [5.74, 6) is -1.11. The molecule has 1 aromatic rings. The lowest BCUT2D eigenvalue weighted by atomic mass is 10.2. The van der Waals surface area contributed by atoms with Crippen molar-refractivity contribution in [2.75, 3.05) is 6.54 Å². The summed E-state index contributed by atoms with van der Waals surface area (Å²) >= 11 is 3.23. The molecule has 2 amide bonds. The van der Waals surface area contributed by atoms with Crippen LogP contribution in [0.4, 0.5) is 4.39 Å². The van der Waals surface area contributed by atoms with Gasteiger partial charge in [-0.25, -0.2) is 4.39 Å². The molecule has 0 heterocycles. The summed E-state index contributed by atoms with van der Waals surface area (Å²) in [6.07, 6.45) is 3.40. The van der Waals surface area contributed by atoms with Gasteiger partial charge in [-0.2, -0.15) is 0 Å². The molecule has 1 aromatic carbocycles. The van der Waals surface area contributed by atoms with Crippen LogP contribution < -0.4 is 10.6 Å². The van der Waals surface area contributed by atoms with E-state index in [1.54, 1.807) is 19.1 Å². The third-order valence-corrected chi connectivity index (χ3v) is 3.17. The van der Waals surface area contributed by atoms with Crippen molar-refractivity contribution in [1.29, 1.82) is 0 Å². The zero-order valence-electron chi connectivity index (χ0n) is 12.0. The maximum absolute atomic E-state index is 13.5. The number of halogens is 2. The average Bonchev–Trinajstić information content (AvgIpc) is 2.45. The molecule has 0 aliphatic rings. The lowest BCUT2D eigenvalue weighted by Crippen LogP contribution is -2.44. The molecule has 1 rings (SSSR count). The van der Waals surface area contributed by atoms with Gasteiger partial charge < -0.3 is 10.6 Å². The Morgan fingerprint density at radius 1 is 1.43 bits per heavy atom. The molecule has 0 spiro atoms. The fraction of sp³-hybridized carbons (Fsp3) is 0.333. The first kappa shape index (κ1) is 17.4. The topological polar surface area (TPSA) is 58.2 Å². The van der Waals surface area contributed by atoms with Gasteiger partial charge in [-0.05, 0) is 37.6 Å². The number of nitrogens with one attached hydrogen (secondary N) is 2. The number of amides is 2. The van der Waals surface area contributed by atoms with Crippen molar-refractivity contribution in [3.05, 3.63) is 40.1 Å². The van der Waals surface area contributed by atoms with Gasteiger partial charge in [0.05, 0.1) is 0 Å². The van der Waals surface area contributed by atoms with Crippen molar-refractivity contribution in [2.24, 2.45) is 0 Å². The summed E-state index contributed by atoms with van der Waals surface area (Å²) in [6.45, 7) is 4.10. The van der Waals surface area contributed by atoms with Crippen molar-refractivity contribution >= 4 is 33.8 Å². The Bertz CT molecular complexity index is 546.